The van der Waals surface area contributed by atoms with Crippen molar-refractivity contribution in [2.24, 2.45) is 5.73 Å². The third kappa shape index (κ3) is 1.95. The summed E-state index contributed by atoms with van der Waals surface area (Å²) in [5.41, 5.74) is 5.84. The molecule has 0 aliphatic rings. The highest BCUT2D eigenvalue weighted by atomic mass is 15.0. The minimum absolute atomic E-state index is 0.111. The van der Waals surface area contributed by atoms with Gasteiger partial charge in [-0.1, -0.05) is 6.92 Å². The summed E-state index contributed by atoms with van der Waals surface area (Å²) in [5, 5.41) is 3.20. The topological polar surface area (TPSA) is 38.0 Å². The van der Waals surface area contributed by atoms with E-state index in [1.165, 1.54) is 0 Å². The standard InChI is InChI=1S/C7H18N2/c1-5-7(3,9-4)6(2)8/h6,9H,5,8H2,1-4H3. The van der Waals surface area contributed by atoms with E-state index in [1.54, 1.807) is 0 Å². The zero-order chi connectivity index (χ0) is 7.49. The largest absolute Gasteiger partial charge is 0.326 e. The zero-order valence-corrected chi connectivity index (χ0v) is 6.86. The molecule has 0 heterocycles. The fraction of sp³-hybridized carbons (Fsp3) is 1.00. The quantitative estimate of drug-likeness (QED) is 0.591. The molecule has 0 aromatic heterocycles. The second-order valence-electron chi connectivity index (χ2n) is 2.81. The van der Waals surface area contributed by atoms with E-state index in [0.717, 1.165) is 6.42 Å². The summed E-state index contributed by atoms with van der Waals surface area (Å²) in [7, 11) is 1.95. The Morgan fingerprint density at radius 1 is 1.67 bits per heavy atom. The Morgan fingerprint density at radius 2 is 2.11 bits per heavy atom. The Labute approximate surface area is 57.8 Å². The van der Waals surface area contributed by atoms with Gasteiger partial charge in [-0.05, 0) is 27.3 Å². The molecule has 2 atom stereocenters. The predicted molar refractivity (Wildman–Crippen MR) is 41.4 cm³/mol. The van der Waals surface area contributed by atoms with Crippen LogP contribution in [0.3, 0.4) is 0 Å². The number of nitrogens with two attached hydrogens (primary N) is 1. The highest BCUT2D eigenvalue weighted by molar-refractivity contribution is 4.87. The molecule has 0 radical (unpaired) electrons. The molecular weight excluding hydrogens is 112 g/mol. The Hall–Kier alpha value is -0.0800. The molecule has 0 spiro atoms. The monoisotopic (exact) mass is 130 g/mol. The Kier molecular flexibility index (Phi) is 3.15. The molecule has 9 heavy (non-hydrogen) atoms. The van der Waals surface area contributed by atoms with Crippen LogP contribution in [0, 0.1) is 0 Å². The van der Waals surface area contributed by atoms with Gasteiger partial charge in [0.05, 0.1) is 0 Å². The first kappa shape index (κ1) is 8.92. The lowest BCUT2D eigenvalue weighted by atomic mass is 9.91. The average molecular weight is 130 g/mol. The van der Waals surface area contributed by atoms with Gasteiger partial charge in [0.2, 0.25) is 0 Å². The molecule has 0 bridgehead atoms. The van der Waals surface area contributed by atoms with Crippen LogP contribution in [0.25, 0.3) is 0 Å². The van der Waals surface area contributed by atoms with E-state index in [1.807, 2.05) is 14.0 Å². The molecule has 0 amide bonds. The minimum Gasteiger partial charge on any atom is -0.326 e. The molecule has 0 aromatic rings. The van der Waals surface area contributed by atoms with Crippen LogP contribution in [0.2, 0.25) is 0 Å². The van der Waals surface area contributed by atoms with Crippen molar-refractivity contribution >= 4 is 0 Å². The first-order valence-corrected chi connectivity index (χ1v) is 3.51. The first-order valence-electron chi connectivity index (χ1n) is 3.51. The number of hydrogen-bond donors (Lipinski definition) is 2. The zero-order valence-electron chi connectivity index (χ0n) is 6.86. The summed E-state index contributed by atoms with van der Waals surface area (Å²) < 4.78 is 0. The summed E-state index contributed by atoms with van der Waals surface area (Å²) in [6.45, 7) is 6.30. The Balaban J connectivity index is 3.92. The van der Waals surface area contributed by atoms with Crippen LogP contribution in [0.4, 0.5) is 0 Å². The molecule has 0 saturated carbocycles. The summed E-state index contributed by atoms with van der Waals surface area (Å²) in [5.74, 6) is 0. The first-order chi connectivity index (χ1) is 4.06. The van der Waals surface area contributed by atoms with E-state index >= 15 is 0 Å². The van der Waals surface area contributed by atoms with E-state index in [-0.39, 0.29) is 11.6 Å². The van der Waals surface area contributed by atoms with Crippen LogP contribution in [-0.4, -0.2) is 18.6 Å². The Morgan fingerprint density at radius 3 is 2.11 bits per heavy atom. The third-order valence-electron chi connectivity index (χ3n) is 2.31. The van der Waals surface area contributed by atoms with Gasteiger partial charge in [-0.2, -0.15) is 0 Å². The average Bonchev–Trinajstić information content (AvgIpc) is 1.86. The summed E-state index contributed by atoms with van der Waals surface area (Å²) in [6.07, 6.45) is 1.07. The number of hydrogen-bond acceptors (Lipinski definition) is 2. The van der Waals surface area contributed by atoms with E-state index in [0.29, 0.717) is 0 Å². The van der Waals surface area contributed by atoms with Gasteiger partial charge in [-0.3, -0.25) is 0 Å². The third-order valence-corrected chi connectivity index (χ3v) is 2.31. The molecule has 0 aliphatic heterocycles. The Bertz CT molecular complexity index is 75.0. The maximum atomic E-state index is 5.73. The normalized spacial score (nSPS) is 21.0. The molecule has 2 heteroatoms. The van der Waals surface area contributed by atoms with Gasteiger partial charge in [0, 0.05) is 11.6 Å². The lowest BCUT2D eigenvalue weighted by Gasteiger charge is -2.31. The van der Waals surface area contributed by atoms with Crippen LogP contribution in [0.15, 0.2) is 0 Å². The fourth-order valence-electron chi connectivity index (χ4n) is 0.726. The maximum absolute atomic E-state index is 5.73. The molecule has 56 valence electrons. The van der Waals surface area contributed by atoms with Crippen molar-refractivity contribution in [3.8, 4) is 0 Å². The summed E-state index contributed by atoms with van der Waals surface area (Å²) in [6, 6.07) is 0.215. The summed E-state index contributed by atoms with van der Waals surface area (Å²) >= 11 is 0. The van der Waals surface area contributed by atoms with Crippen molar-refractivity contribution < 1.29 is 0 Å². The van der Waals surface area contributed by atoms with E-state index < -0.39 is 0 Å². The van der Waals surface area contributed by atoms with Crippen molar-refractivity contribution in [2.45, 2.75) is 38.8 Å². The number of nitrogens with one attached hydrogen (secondary N) is 1. The van der Waals surface area contributed by atoms with Gasteiger partial charge in [0.15, 0.2) is 0 Å². The van der Waals surface area contributed by atoms with E-state index in [9.17, 15) is 0 Å². The molecule has 0 aliphatic carbocycles. The predicted octanol–water partition coefficient (Wildman–Crippen LogP) is 0.722. The van der Waals surface area contributed by atoms with Crippen molar-refractivity contribution in [3.05, 3.63) is 0 Å². The summed E-state index contributed by atoms with van der Waals surface area (Å²) in [4.78, 5) is 0. The van der Waals surface area contributed by atoms with Crippen molar-refractivity contribution in [3.63, 3.8) is 0 Å². The van der Waals surface area contributed by atoms with Crippen LogP contribution in [0.1, 0.15) is 27.2 Å². The van der Waals surface area contributed by atoms with Crippen LogP contribution in [0.5, 0.6) is 0 Å². The molecule has 0 aromatic carbocycles. The second-order valence-corrected chi connectivity index (χ2v) is 2.81. The van der Waals surface area contributed by atoms with Gasteiger partial charge in [0.1, 0.15) is 0 Å². The van der Waals surface area contributed by atoms with Gasteiger partial charge >= 0.3 is 0 Å². The molecule has 0 saturated heterocycles. The van der Waals surface area contributed by atoms with Crippen LogP contribution >= 0.6 is 0 Å². The van der Waals surface area contributed by atoms with Crippen LogP contribution in [-0.2, 0) is 0 Å². The van der Waals surface area contributed by atoms with Gasteiger partial charge in [-0.25, -0.2) is 0 Å². The van der Waals surface area contributed by atoms with Gasteiger partial charge in [0.25, 0.3) is 0 Å². The smallest absolute Gasteiger partial charge is 0.0296 e. The maximum Gasteiger partial charge on any atom is 0.0296 e. The molecule has 3 N–H and O–H groups in total. The minimum atomic E-state index is 0.111. The van der Waals surface area contributed by atoms with Crippen LogP contribution < -0.4 is 11.1 Å². The van der Waals surface area contributed by atoms with E-state index in [2.05, 4.69) is 19.2 Å². The molecule has 0 rings (SSSR count). The highest BCUT2D eigenvalue weighted by Crippen LogP contribution is 2.10. The van der Waals surface area contributed by atoms with Gasteiger partial charge < -0.3 is 11.1 Å². The van der Waals surface area contributed by atoms with Gasteiger partial charge in [-0.15, -0.1) is 0 Å². The second kappa shape index (κ2) is 3.18. The highest BCUT2D eigenvalue weighted by Gasteiger charge is 2.23. The number of likely N-dealkylation sites (N-methyl/N-ethyl adjacent to an activating group) is 1. The molecular formula is C7H18N2. The fourth-order valence-corrected chi connectivity index (χ4v) is 0.726. The lowest BCUT2D eigenvalue weighted by molar-refractivity contribution is 0.316. The molecule has 0 fully saturated rings. The van der Waals surface area contributed by atoms with Crippen molar-refractivity contribution in [2.75, 3.05) is 7.05 Å². The van der Waals surface area contributed by atoms with E-state index in [4.69, 9.17) is 5.73 Å². The van der Waals surface area contributed by atoms with Crippen molar-refractivity contribution in [1.29, 1.82) is 0 Å². The van der Waals surface area contributed by atoms with Crippen molar-refractivity contribution in [1.82, 2.24) is 5.32 Å². The lowest BCUT2D eigenvalue weighted by Crippen LogP contribution is -2.52. The number of rotatable bonds is 3. The molecule has 2 unspecified atom stereocenters. The molecule has 2 nitrogen and oxygen atoms in total. The SMILES string of the molecule is CCC(C)(NC)C(C)N.